The third-order valence-corrected chi connectivity index (χ3v) is 4.62. The maximum Gasteiger partial charge on any atom is 0.325 e. The zero-order valence-electron chi connectivity index (χ0n) is 11.0. The van der Waals surface area contributed by atoms with E-state index in [1.165, 1.54) is 0 Å². The van der Waals surface area contributed by atoms with Crippen molar-refractivity contribution in [3.05, 3.63) is 42.0 Å². The number of benzene rings is 2. The lowest BCUT2D eigenvalue weighted by atomic mass is 10.00. The van der Waals surface area contributed by atoms with Crippen LogP contribution in [-0.4, -0.2) is 25.6 Å². The molecular formula is C14H13NO3S2. The lowest BCUT2D eigenvalue weighted by molar-refractivity contribution is 0.342. The summed E-state index contributed by atoms with van der Waals surface area (Å²) in [6, 6.07) is 12.1. The van der Waals surface area contributed by atoms with E-state index in [4.69, 9.17) is 0 Å². The van der Waals surface area contributed by atoms with Crippen LogP contribution in [0.3, 0.4) is 0 Å². The molecule has 0 saturated heterocycles. The molecule has 0 saturated carbocycles. The molecule has 0 amide bonds. The molecule has 104 valence electrons. The third kappa shape index (κ3) is 2.41. The summed E-state index contributed by atoms with van der Waals surface area (Å²) < 4.78 is 26.9. The summed E-state index contributed by atoms with van der Waals surface area (Å²) in [5, 5.41) is 6.11. The van der Waals surface area contributed by atoms with Gasteiger partial charge < -0.3 is 0 Å². The number of oxime groups is 1. The molecule has 0 aliphatic carbocycles. The summed E-state index contributed by atoms with van der Waals surface area (Å²) in [7, 11) is -3.59. The molecule has 0 fully saturated rings. The standard InChI is InChI=1S/C14H13NO3S2/c1-9-14(15-18-20(2,16)17)13-11-6-4-3-5-10(11)7-8-12(13)19-9/h3-9H,1-2H3/b15-14+. The Morgan fingerprint density at radius 3 is 2.70 bits per heavy atom. The minimum absolute atomic E-state index is 0.0672. The SMILES string of the molecule is CC1Sc2ccc3ccccc3c2/C1=N/OS(C)(=O)=O. The lowest BCUT2D eigenvalue weighted by Gasteiger charge is -2.06. The van der Waals surface area contributed by atoms with Crippen molar-refractivity contribution in [2.45, 2.75) is 17.1 Å². The number of hydrogen-bond acceptors (Lipinski definition) is 5. The van der Waals surface area contributed by atoms with Crippen LogP contribution in [-0.2, 0) is 14.4 Å². The molecule has 20 heavy (non-hydrogen) atoms. The van der Waals surface area contributed by atoms with E-state index >= 15 is 0 Å². The first kappa shape index (κ1) is 13.5. The molecule has 6 heteroatoms. The van der Waals surface area contributed by atoms with Crippen LogP contribution in [0.15, 0.2) is 46.4 Å². The van der Waals surface area contributed by atoms with Crippen molar-refractivity contribution in [2.24, 2.45) is 5.16 Å². The molecule has 1 aliphatic rings. The van der Waals surface area contributed by atoms with Crippen molar-refractivity contribution in [1.29, 1.82) is 0 Å². The van der Waals surface area contributed by atoms with Gasteiger partial charge in [0.25, 0.3) is 0 Å². The van der Waals surface area contributed by atoms with Gasteiger partial charge in [-0.15, -0.1) is 11.8 Å². The van der Waals surface area contributed by atoms with Crippen molar-refractivity contribution < 1.29 is 12.7 Å². The Hall–Kier alpha value is -1.53. The monoisotopic (exact) mass is 307 g/mol. The van der Waals surface area contributed by atoms with Crippen LogP contribution in [0.5, 0.6) is 0 Å². The Balaban J connectivity index is 2.20. The van der Waals surface area contributed by atoms with Gasteiger partial charge in [-0.1, -0.05) is 35.5 Å². The minimum Gasteiger partial charge on any atom is -0.268 e. The van der Waals surface area contributed by atoms with Gasteiger partial charge in [0.1, 0.15) is 5.71 Å². The molecular weight excluding hydrogens is 294 g/mol. The van der Waals surface area contributed by atoms with Crippen molar-refractivity contribution >= 4 is 38.4 Å². The smallest absolute Gasteiger partial charge is 0.268 e. The number of nitrogens with zero attached hydrogens (tertiary/aromatic N) is 1. The van der Waals surface area contributed by atoms with Crippen molar-refractivity contribution in [1.82, 2.24) is 0 Å². The molecule has 3 rings (SSSR count). The summed E-state index contributed by atoms with van der Waals surface area (Å²) in [5.74, 6) is 0. The van der Waals surface area contributed by atoms with E-state index in [2.05, 4.69) is 15.5 Å². The van der Waals surface area contributed by atoms with Gasteiger partial charge in [-0.3, -0.25) is 4.28 Å². The second kappa shape index (κ2) is 4.79. The highest BCUT2D eigenvalue weighted by Gasteiger charge is 2.29. The predicted molar refractivity (Wildman–Crippen MR) is 81.7 cm³/mol. The molecule has 1 unspecified atom stereocenters. The fourth-order valence-corrected chi connectivity index (χ4v) is 3.64. The minimum atomic E-state index is -3.59. The first-order valence-electron chi connectivity index (χ1n) is 6.11. The van der Waals surface area contributed by atoms with Crippen molar-refractivity contribution in [3.8, 4) is 0 Å². The highest BCUT2D eigenvalue weighted by Crippen LogP contribution is 2.41. The highest BCUT2D eigenvalue weighted by molar-refractivity contribution is 8.01. The summed E-state index contributed by atoms with van der Waals surface area (Å²) >= 11 is 1.66. The quantitative estimate of drug-likeness (QED) is 0.800. The molecule has 0 bridgehead atoms. The lowest BCUT2D eigenvalue weighted by Crippen LogP contribution is -2.11. The highest BCUT2D eigenvalue weighted by atomic mass is 32.2. The summed E-state index contributed by atoms with van der Waals surface area (Å²) in [5.41, 5.74) is 1.65. The van der Waals surface area contributed by atoms with E-state index in [0.717, 1.165) is 27.5 Å². The van der Waals surface area contributed by atoms with E-state index < -0.39 is 10.1 Å². The van der Waals surface area contributed by atoms with Crippen LogP contribution in [0, 0.1) is 0 Å². The van der Waals surface area contributed by atoms with Crippen molar-refractivity contribution in [2.75, 3.05) is 6.26 Å². The van der Waals surface area contributed by atoms with Crippen LogP contribution in [0.25, 0.3) is 10.8 Å². The molecule has 4 nitrogen and oxygen atoms in total. The van der Waals surface area contributed by atoms with Gasteiger partial charge in [0, 0.05) is 10.5 Å². The number of hydrogen-bond donors (Lipinski definition) is 0. The topological polar surface area (TPSA) is 55.7 Å². The van der Waals surface area contributed by atoms with E-state index in [-0.39, 0.29) is 5.25 Å². The number of thioether (sulfide) groups is 1. The Morgan fingerprint density at radius 2 is 1.95 bits per heavy atom. The van der Waals surface area contributed by atoms with Crippen LogP contribution >= 0.6 is 11.8 Å². The van der Waals surface area contributed by atoms with E-state index in [0.29, 0.717) is 5.71 Å². The Labute approximate surface area is 121 Å². The zero-order valence-corrected chi connectivity index (χ0v) is 12.7. The Kier molecular flexibility index (Phi) is 3.22. The number of fused-ring (bicyclic) bond motifs is 3. The van der Waals surface area contributed by atoms with E-state index in [1.54, 1.807) is 11.8 Å². The summed E-state index contributed by atoms with van der Waals surface area (Å²) in [6.07, 6.45) is 0.994. The predicted octanol–water partition coefficient (Wildman–Crippen LogP) is 3.01. The first-order chi connectivity index (χ1) is 9.46. The molecule has 1 aliphatic heterocycles. The largest absolute Gasteiger partial charge is 0.325 e. The first-order valence-corrected chi connectivity index (χ1v) is 8.80. The average Bonchev–Trinajstić information content (AvgIpc) is 2.71. The second-order valence-electron chi connectivity index (χ2n) is 4.68. The summed E-state index contributed by atoms with van der Waals surface area (Å²) in [6.45, 7) is 1.99. The van der Waals surface area contributed by atoms with Gasteiger partial charge in [0.05, 0.1) is 11.5 Å². The van der Waals surface area contributed by atoms with Gasteiger partial charge in [0.2, 0.25) is 0 Å². The van der Waals surface area contributed by atoms with Crippen LogP contribution in [0.1, 0.15) is 12.5 Å². The molecule has 1 heterocycles. The molecule has 0 radical (unpaired) electrons. The van der Waals surface area contributed by atoms with Crippen LogP contribution < -0.4 is 0 Å². The summed E-state index contributed by atoms with van der Waals surface area (Å²) in [4.78, 5) is 1.10. The Bertz CT molecular complexity index is 812. The van der Waals surface area contributed by atoms with E-state index in [1.807, 2.05) is 37.3 Å². The van der Waals surface area contributed by atoms with Gasteiger partial charge in [-0.2, -0.15) is 8.42 Å². The second-order valence-corrected chi connectivity index (χ2v) is 7.62. The van der Waals surface area contributed by atoms with Gasteiger partial charge in [0.15, 0.2) is 0 Å². The van der Waals surface area contributed by atoms with Crippen LogP contribution in [0.4, 0.5) is 0 Å². The third-order valence-electron chi connectivity index (χ3n) is 3.11. The molecule has 0 N–H and O–H groups in total. The average molecular weight is 307 g/mol. The molecule has 0 aromatic heterocycles. The van der Waals surface area contributed by atoms with Gasteiger partial charge in [-0.25, -0.2) is 0 Å². The maximum atomic E-state index is 11.1. The van der Waals surface area contributed by atoms with E-state index in [9.17, 15) is 8.42 Å². The van der Waals surface area contributed by atoms with Gasteiger partial charge >= 0.3 is 10.1 Å². The van der Waals surface area contributed by atoms with Crippen molar-refractivity contribution in [3.63, 3.8) is 0 Å². The van der Waals surface area contributed by atoms with Crippen LogP contribution in [0.2, 0.25) is 0 Å². The van der Waals surface area contributed by atoms with Gasteiger partial charge in [-0.05, 0) is 23.8 Å². The molecule has 2 aromatic carbocycles. The molecule has 0 spiro atoms. The molecule has 1 atom stereocenters. The fourth-order valence-electron chi connectivity index (χ4n) is 2.29. The Morgan fingerprint density at radius 1 is 1.20 bits per heavy atom. The number of rotatable bonds is 2. The molecule has 2 aromatic rings. The normalized spacial score (nSPS) is 20.3. The zero-order chi connectivity index (χ0) is 14.3. The maximum absolute atomic E-state index is 11.1. The fraction of sp³-hybridized carbons (Fsp3) is 0.214.